The molecule has 0 fully saturated rings. The lowest BCUT2D eigenvalue weighted by atomic mass is 10.3. The summed E-state index contributed by atoms with van der Waals surface area (Å²) in [5.41, 5.74) is 3.01. The number of rotatable bonds is 3. The number of aromatic nitrogens is 3. The molecule has 0 aliphatic carbocycles. The minimum absolute atomic E-state index is 0.780. The Morgan fingerprint density at radius 1 is 0.947 bits per heavy atom. The molecule has 19 heavy (non-hydrogen) atoms. The van der Waals surface area contributed by atoms with E-state index in [0.29, 0.717) is 0 Å². The maximum atomic E-state index is 4.35. The zero-order chi connectivity index (χ0) is 13.1. The summed E-state index contributed by atoms with van der Waals surface area (Å²) in [5, 5.41) is 3.30. The predicted octanol–water partition coefficient (Wildman–Crippen LogP) is 3.32. The molecule has 0 aliphatic heterocycles. The molecule has 0 atom stereocenters. The normalized spacial score (nSPS) is 10.4. The summed E-state index contributed by atoms with van der Waals surface area (Å²) in [6.07, 6.45) is 5.49. The molecule has 0 unspecified atom stereocenters. The van der Waals surface area contributed by atoms with Crippen LogP contribution in [-0.2, 0) is 0 Å². The van der Waals surface area contributed by atoms with Crippen LogP contribution in [0, 0.1) is 6.92 Å². The van der Waals surface area contributed by atoms with Crippen molar-refractivity contribution in [3.63, 3.8) is 0 Å². The Hall–Kier alpha value is -2.62. The summed E-state index contributed by atoms with van der Waals surface area (Å²) < 4.78 is 2.00. The van der Waals surface area contributed by atoms with Crippen molar-refractivity contribution >= 4 is 11.6 Å². The molecular formula is C15H14N4. The number of anilines is 2. The topological polar surface area (TPSA) is 42.7 Å². The highest BCUT2D eigenvalue weighted by atomic mass is 15.2. The zero-order valence-corrected chi connectivity index (χ0v) is 10.6. The Labute approximate surface area is 111 Å². The minimum atomic E-state index is 0.780. The third-order valence-electron chi connectivity index (χ3n) is 2.91. The highest BCUT2D eigenvalue weighted by Crippen LogP contribution is 2.20. The Balaban J connectivity index is 1.98. The van der Waals surface area contributed by atoms with Gasteiger partial charge in [0.05, 0.1) is 11.4 Å². The van der Waals surface area contributed by atoms with Crippen LogP contribution in [0.5, 0.6) is 0 Å². The number of hydrogen-bond donors (Lipinski definition) is 1. The first-order valence-electron chi connectivity index (χ1n) is 6.12. The van der Waals surface area contributed by atoms with Crippen molar-refractivity contribution in [2.75, 3.05) is 5.32 Å². The number of benzene rings is 1. The van der Waals surface area contributed by atoms with E-state index in [2.05, 4.69) is 15.3 Å². The van der Waals surface area contributed by atoms with E-state index < -0.39 is 0 Å². The summed E-state index contributed by atoms with van der Waals surface area (Å²) in [4.78, 5) is 8.66. The van der Waals surface area contributed by atoms with Gasteiger partial charge in [0, 0.05) is 24.3 Å². The average Bonchev–Trinajstić information content (AvgIpc) is 2.88. The first-order valence-corrected chi connectivity index (χ1v) is 6.12. The van der Waals surface area contributed by atoms with Gasteiger partial charge in [0.2, 0.25) is 5.95 Å². The predicted molar refractivity (Wildman–Crippen MR) is 75.8 cm³/mol. The molecule has 4 nitrogen and oxygen atoms in total. The second-order valence-corrected chi connectivity index (χ2v) is 4.22. The van der Waals surface area contributed by atoms with E-state index in [4.69, 9.17) is 0 Å². The van der Waals surface area contributed by atoms with E-state index in [0.717, 1.165) is 23.0 Å². The lowest BCUT2D eigenvalue weighted by Crippen LogP contribution is -2.03. The number of nitrogens with one attached hydrogen (secondary N) is 1. The molecule has 1 N–H and O–H groups in total. The van der Waals surface area contributed by atoms with E-state index in [9.17, 15) is 0 Å². The van der Waals surface area contributed by atoms with Gasteiger partial charge in [-0.2, -0.15) is 0 Å². The summed E-state index contributed by atoms with van der Waals surface area (Å²) in [5.74, 6) is 0.780. The van der Waals surface area contributed by atoms with Crippen molar-refractivity contribution in [1.82, 2.24) is 14.5 Å². The second-order valence-electron chi connectivity index (χ2n) is 4.22. The van der Waals surface area contributed by atoms with Gasteiger partial charge in [0.15, 0.2) is 0 Å². The Kier molecular flexibility index (Phi) is 2.98. The van der Waals surface area contributed by atoms with Crippen molar-refractivity contribution < 1.29 is 0 Å². The van der Waals surface area contributed by atoms with Crippen LogP contribution in [0.3, 0.4) is 0 Å². The Bertz CT molecular complexity index is 673. The molecular weight excluding hydrogens is 236 g/mol. The van der Waals surface area contributed by atoms with Crippen molar-refractivity contribution in [1.29, 1.82) is 0 Å². The van der Waals surface area contributed by atoms with Gasteiger partial charge < -0.3 is 5.32 Å². The van der Waals surface area contributed by atoms with E-state index in [1.807, 2.05) is 60.2 Å². The molecule has 4 heteroatoms. The number of aryl methyl sites for hydroxylation is 1. The van der Waals surface area contributed by atoms with Crippen LogP contribution in [0.15, 0.2) is 61.1 Å². The third kappa shape index (κ3) is 2.33. The molecule has 2 aromatic heterocycles. The molecule has 0 aliphatic rings. The molecule has 0 radical (unpaired) electrons. The summed E-state index contributed by atoms with van der Waals surface area (Å²) in [6, 6.07) is 13.9. The van der Waals surface area contributed by atoms with Crippen LogP contribution in [0.1, 0.15) is 5.69 Å². The van der Waals surface area contributed by atoms with Gasteiger partial charge in [0.1, 0.15) is 0 Å². The zero-order valence-electron chi connectivity index (χ0n) is 10.6. The van der Waals surface area contributed by atoms with Gasteiger partial charge in [-0.1, -0.05) is 18.2 Å². The summed E-state index contributed by atoms with van der Waals surface area (Å²) >= 11 is 0. The van der Waals surface area contributed by atoms with E-state index in [-0.39, 0.29) is 0 Å². The van der Waals surface area contributed by atoms with Crippen molar-refractivity contribution in [3.05, 3.63) is 66.7 Å². The van der Waals surface area contributed by atoms with Crippen LogP contribution in [0.2, 0.25) is 0 Å². The van der Waals surface area contributed by atoms with Gasteiger partial charge in [-0.15, -0.1) is 0 Å². The molecule has 1 aromatic carbocycles. The third-order valence-corrected chi connectivity index (χ3v) is 2.91. The largest absolute Gasteiger partial charge is 0.325 e. The fourth-order valence-electron chi connectivity index (χ4n) is 1.97. The van der Waals surface area contributed by atoms with Crippen molar-refractivity contribution in [2.24, 2.45) is 0 Å². The van der Waals surface area contributed by atoms with Gasteiger partial charge in [0.25, 0.3) is 0 Å². The number of para-hydroxylation sites is 1. The van der Waals surface area contributed by atoms with Gasteiger partial charge in [-0.3, -0.25) is 9.55 Å². The number of hydrogen-bond acceptors (Lipinski definition) is 3. The first-order chi connectivity index (χ1) is 9.34. The lowest BCUT2D eigenvalue weighted by molar-refractivity contribution is 1.01. The molecule has 3 aromatic rings. The van der Waals surface area contributed by atoms with Crippen LogP contribution in [0.4, 0.5) is 11.6 Å². The van der Waals surface area contributed by atoms with Gasteiger partial charge in [-0.25, -0.2) is 4.98 Å². The molecule has 3 rings (SSSR count). The average molecular weight is 250 g/mol. The summed E-state index contributed by atoms with van der Waals surface area (Å²) in [6.45, 7) is 1.99. The number of imidazole rings is 1. The van der Waals surface area contributed by atoms with Gasteiger partial charge in [-0.05, 0) is 31.2 Å². The fraction of sp³-hybridized carbons (Fsp3) is 0.0667. The second kappa shape index (κ2) is 4.94. The monoisotopic (exact) mass is 250 g/mol. The van der Waals surface area contributed by atoms with E-state index in [1.54, 1.807) is 12.4 Å². The Morgan fingerprint density at radius 2 is 1.79 bits per heavy atom. The molecule has 94 valence electrons. The van der Waals surface area contributed by atoms with Crippen LogP contribution >= 0.6 is 0 Å². The number of nitrogens with zero attached hydrogens (tertiary/aromatic N) is 3. The smallest absolute Gasteiger partial charge is 0.212 e. The quantitative estimate of drug-likeness (QED) is 0.775. The minimum Gasteiger partial charge on any atom is -0.325 e. The highest BCUT2D eigenvalue weighted by molar-refractivity contribution is 5.56. The molecule has 2 heterocycles. The van der Waals surface area contributed by atoms with Crippen molar-refractivity contribution in [2.45, 2.75) is 6.92 Å². The first kappa shape index (κ1) is 11.5. The summed E-state index contributed by atoms with van der Waals surface area (Å²) in [7, 11) is 0. The molecule has 0 saturated carbocycles. The SMILES string of the molecule is Cc1ncccc1-n1ccnc1Nc1ccccc1. The Morgan fingerprint density at radius 3 is 2.58 bits per heavy atom. The highest BCUT2D eigenvalue weighted by Gasteiger charge is 2.07. The molecule has 0 saturated heterocycles. The maximum Gasteiger partial charge on any atom is 0.212 e. The van der Waals surface area contributed by atoms with E-state index in [1.165, 1.54) is 0 Å². The van der Waals surface area contributed by atoms with Crippen molar-refractivity contribution in [3.8, 4) is 5.69 Å². The van der Waals surface area contributed by atoms with E-state index >= 15 is 0 Å². The molecule has 0 spiro atoms. The van der Waals surface area contributed by atoms with Crippen LogP contribution < -0.4 is 5.32 Å². The van der Waals surface area contributed by atoms with Crippen LogP contribution in [-0.4, -0.2) is 14.5 Å². The van der Waals surface area contributed by atoms with Crippen LogP contribution in [0.25, 0.3) is 5.69 Å². The molecule has 0 bridgehead atoms. The maximum absolute atomic E-state index is 4.35. The number of pyridine rings is 1. The molecule has 0 amide bonds. The lowest BCUT2D eigenvalue weighted by Gasteiger charge is -2.11. The van der Waals surface area contributed by atoms with Gasteiger partial charge >= 0.3 is 0 Å². The standard InChI is InChI=1S/C15H14N4/c1-12-14(8-5-9-16-12)19-11-10-17-15(19)18-13-6-3-2-4-7-13/h2-11H,1H3,(H,17,18). The fourth-order valence-corrected chi connectivity index (χ4v) is 1.97.